The molecule has 0 aromatic heterocycles. The van der Waals surface area contributed by atoms with Crippen LogP contribution in [0, 0.1) is 57.2 Å². The van der Waals surface area contributed by atoms with Crippen LogP contribution in [0.5, 0.6) is 0 Å². The molecule has 1 saturated heterocycles. The van der Waals surface area contributed by atoms with Gasteiger partial charge in [0.15, 0.2) is 0 Å². The molecule has 0 radical (unpaired) electrons. The second-order valence-corrected chi connectivity index (χ2v) is 20.7. The van der Waals surface area contributed by atoms with Gasteiger partial charge >= 0.3 is 5.97 Å². The monoisotopic (exact) mass is 726 g/mol. The fraction of sp³-hybridized carbons (Fsp3) is 0.766. The molecule has 1 aromatic rings. The topological polar surface area (TPSA) is 76.0 Å². The molecule has 3 N–H and O–H groups in total. The zero-order chi connectivity index (χ0) is 37.6. The maximum Gasteiger partial charge on any atom is 0.335 e. The third-order valence-electron chi connectivity index (χ3n) is 18.3. The van der Waals surface area contributed by atoms with Crippen LogP contribution >= 0.6 is 0 Å². The average Bonchev–Trinajstić information content (AvgIpc) is 3.48. The molecule has 6 nitrogen and oxygen atoms in total. The van der Waals surface area contributed by atoms with E-state index in [4.69, 9.17) is 0 Å². The summed E-state index contributed by atoms with van der Waals surface area (Å²) in [7, 11) is 0. The minimum atomic E-state index is -0.857. The molecule has 292 valence electrons. The van der Waals surface area contributed by atoms with E-state index in [2.05, 4.69) is 69.3 Å². The van der Waals surface area contributed by atoms with Gasteiger partial charge < -0.3 is 15.5 Å². The molecule has 6 aliphatic carbocycles. The molecule has 0 amide bonds. The fourth-order valence-electron chi connectivity index (χ4n) is 15.1. The van der Waals surface area contributed by atoms with Crippen LogP contribution in [0.25, 0.3) is 5.57 Å². The van der Waals surface area contributed by atoms with Crippen molar-refractivity contribution in [3.8, 4) is 0 Å². The summed E-state index contributed by atoms with van der Waals surface area (Å²) in [6, 6.07) is 7.66. The zero-order valence-electron chi connectivity index (χ0n) is 34.1. The number of piperazine rings is 1. The Balaban J connectivity index is 0.993. The highest BCUT2D eigenvalue weighted by atomic mass is 16.4. The van der Waals surface area contributed by atoms with Crippen molar-refractivity contribution in [3.63, 3.8) is 0 Å². The van der Waals surface area contributed by atoms with Gasteiger partial charge in [-0.3, -0.25) is 9.80 Å². The first-order valence-electron chi connectivity index (χ1n) is 21.7. The van der Waals surface area contributed by atoms with Crippen LogP contribution in [0.4, 0.5) is 0 Å². The van der Waals surface area contributed by atoms with Crippen molar-refractivity contribution < 1.29 is 15.0 Å². The summed E-state index contributed by atoms with van der Waals surface area (Å²) < 4.78 is 0. The molecular weight excluding hydrogens is 655 g/mol. The first kappa shape index (κ1) is 37.9. The van der Waals surface area contributed by atoms with Crippen LogP contribution in [0.3, 0.4) is 0 Å². The van der Waals surface area contributed by atoms with E-state index < -0.39 is 5.97 Å². The Morgan fingerprint density at radius 3 is 2.25 bits per heavy atom. The first-order valence-corrected chi connectivity index (χ1v) is 21.7. The number of carbonyl (C=O) groups is 1. The standard InChI is InChI=1S/C47H71N3O3/c1-31(2)35-17-22-47(48-25-26-49-27-29-50(30-28-49)41(51)33-9-8-10-33)24-23-45(6)37(40(35)47)15-16-39-44(5)20-18-36(32-11-13-34(14-12-32)42(52)53)43(3,4)38(44)19-21-46(39,45)7/h11-14,18,33,35,37-41,48,51H,1,8-10,15-17,19-30H2,2-7H3,(H,52,53)/t35-,37+,38?,39?,40?,41?,44-,45+,46+,47-/m0/s1. The second kappa shape index (κ2) is 13.6. The SMILES string of the molecule is C=C(C)[C@@H]1CC[C@]2(NCCN3CCN(C(O)C4CCC4)CC3)CC[C@]3(C)[C@H](CCC4[C@@]5(C)CC=C(c6ccc(C(=O)O)cc6)C(C)(C)C5CC[C@]43C)C12. The van der Waals surface area contributed by atoms with Gasteiger partial charge in [0.05, 0.1) is 5.56 Å². The Morgan fingerprint density at radius 1 is 0.887 bits per heavy atom. The van der Waals surface area contributed by atoms with Gasteiger partial charge in [0.1, 0.15) is 6.23 Å². The van der Waals surface area contributed by atoms with Crippen molar-refractivity contribution in [2.75, 3.05) is 39.3 Å². The van der Waals surface area contributed by atoms with Crippen LogP contribution in [-0.2, 0) is 0 Å². The predicted octanol–water partition coefficient (Wildman–Crippen LogP) is 9.11. The van der Waals surface area contributed by atoms with Gasteiger partial charge in [-0.2, -0.15) is 0 Å². The lowest BCUT2D eigenvalue weighted by molar-refractivity contribution is -0.219. The third-order valence-corrected chi connectivity index (χ3v) is 18.3. The van der Waals surface area contributed by atoms with Crippen LogP contribution < -0.4 is 5.32 Å². The number of hydrogen-bond donors (Lipinski definition) is 3. The van der Waals surface area contributed by atoms with Crippen molar-refractivity contribution in [1.29, 1.82) is 0 Å². The van der Waals surface area contributed by atoms with Crippen LogP contribution in [0.1, 0.15) is 135 Å². The summed E-state index contributed by atoms with van der Waals surface area (Å²) in [6.45, 7) is 26.4. The molecule has 7 aliphatic rings. The normalized spacial score (nSPS) is 41.9. The van der Waals surface area contributed by atoms with Crippen LogP contribution in [0.15, 0.2) is 42.5 Å². The summed E-state index contributed by atoms with van der Waals surface area (Å²) in [5, 5.41) is 24.7. The number of aliphatic hydroxyl groups is 1. The number of fused-ring (bicyclic) bond motifs is 7. The Morgan fingerprint density at radius 2 is 1.60 bits per heavy atom. The van der Waals surface area contributed by atoms with Crippen LogP contribution in [-0.4, -0.2) is 77.0 Å². The van der Waals surface area contributed by atoms with Gasteiger partial charge in [-0.15, -0.1) is 0 Å². The number of nitrogens with zero attached hydrogens (tertiary/aromatic N) is 2. The van der Waals surface area contributed by atoms with E-state index in [0.717, 1.165) is 51.6 Å². The van der Waals surface area contributed by atoms with Gasteiger partial charge in [-0.25, -0.2) is 4.79 Å². The summed E-state index contributed by atoms with van der Waals surface area (Å²) in [5.41, 5.74) is 5.52. The van der Waals surface area contributed by atoms with E-state index in [0.29, 0.717) is 46.0 Å². The number of aliphatic hydroxyl groups excluding tert-OH is 1. The first-order chi connectivity index (χ1) is 25.1. The highest BCUT2D eigenvalue weighted by molar-refractivity contribution is 5.88. The number of rotatable bonds is 9. The van der Waals surface area contributed by atoms with Crippen molar-refractivity contribution in [2.24, 2.45) is 57.2 Å². The quantitative estimate of drug-likeness (QED) is 0.221. The van der Waals surface area contributed by atoms with E-state index in [1.165, 1.54) is 87.3 Å². The summed E-state index contributed by atoms with van der Waals surface area (Å²) in [6.07, 6.45) is 17.6. The largest absolute Gasteiger partial charge is 0.478 e. The molecule has 0 spiro atoms. The average molecular weight is 726 g/mol. The molecule has 1 aromatic carbocycles. The molecule has 8 rings (SSSR count). The summed E-state index contributed by atoms with van der Waals surface area (Å²) in [5.74, 6) is 2.96. The molecule has 0 bridgehead atoms. The summed E-state index contributed by atoms with van der Waals surface area (Å²) in [4.78, 5) is 16.6. The second-order valence-electron chi connectivity index (χ2n) is 20.7. The molecule has 5 saturated carbocycles. The van der Waals surface area contributed by atoms with Gasteiger partial charge in [-0.05, 0) is 158 Å². The lowest BCUT2D eigenvalue weighted by Gasteiger charge is -2.72. The Labute approximate surface area is 321 Å². The van der Waals surface area contributed by atoms with Gasteiger partial charge in [0.2, 0.25) is 0 Å². The third kappa shape index (κ3) is 5.88. The molecule has 1 heterocycles. The number of allylic oxidation sites excluding steroid dienone is 3. The number of nitrogens with one attached hydrogen (secondary N) is 1. The Kier molecular flexibility index (Phi) is 9.72. The zero-order valence-corrected chi connectivity index (χ0v) is 34.1. The lowest BCUT2D eigenvalue weighted by Crippen LogP contribution is -2.68. The van der Waals surface area contributed by atoms with Gasteiger partial charge in [-0.1, -0.05) is 71.4 Å². The highest BCUT2D eigenvalue weighted by Gasteiger charge is 2.70. The molecule has 1 aliphatic heterocycles. The number of hydrogen-bond acceptors (Lipinski definition) is 5. The predicted molar refractivity (Wildman–Crippen MR) is 215 cm³/mol. The fourth-order valence-corrected chi connectivity index (χ4v) is 15.1. The Hall–Kier alpha value is -1.99. The van der Waals surface area contributed by atoms with E-state index in [9.17, 15) is 15.0 Å². The van der Waals surface area contributed by atoms with E-state index in [-0.39, 0.29) is 22.6 Å². The maximum absolute atomic E-state index is 11.6. The molecule has 6 heteroatoms. The summed E-state index contributed by atoms with van der Waals surface area (Å²) >= 11 is 0. The lowest BCUT2D eigenvalue weighted by atomic mass is 9.33. The molecule has 53 heavy (non-hydrogen) atoms. The van der Waals surface area contributed by atoms with Crippen molar-refractivity contribution in [2.45, 2.75) is 130 Å². The minimum Gasteiger partial charge on any atom is -0.478 e. The van der Waals surface area contributed by atoms with Crippen LogP contribution in [0.2, 0.25) is 0 Å². The van der Waals surface area contributed by atoms with Crippen molar-refractivity contribution >= 4 is 11.5 Å². The number of benzene rings is 1. The van der Waals surface area contributed by atoms with Gasteiger partial charge in [0.25, 0.3) is 0 Å². The molecular formula is C47H71N3O3. The maximum atomic E-state index is 11.6. The highest BCUT2D eigenvalue weighted by Crippen LogP contribution is 2.76. The van der Waals surface area contributed by atoms with E-state index in [1.54, 1.807) is 12.1 Å². The number of aromatic carboxylic acids is 1. The van der Waals surface area contributed by atoms with Crippen molar-refractivity contribution in [1.82, 2.24) is 15.1 Å². The minimum absolute atomic E-state index is 0.0298. The van der Waals surface area contributed by atoms with Gasteiger partial charge in [0, 0.05) is 44.8 Å². The number of carboxylic acid groups (broad SMARTS) is 1. The smallest absolute Gasteiger partial charge is 0.335 e. The molecule has 10 atom stereocenters. The molecule has 6 fully saturated rings. The molecule has 4 unspecified atom stereocenters. The number of carboxylic acids is 1. The van der Waals surface area contributed by atoms with E-state index >= 15 is 0 Å². The van der Waals surface area contributed by atoms with E-state index in [1.807, 2.05) is 12.1 Å². The van der Waals surface area contributed by atoms with Crippen molar-refractivity contribution in [3.05, 3.63) is 53.6 Å². The Bertz CT molecular complexity index is 1590.